The first-order valence-electron chi connectivity index (χ1n) is 4.89. The first-order chi connectivity index (χ1) is 7.36. The van der Waals surface area contributed by atoms with Crippen molar-refractivity contribution >= 4 is 46.7 Å². The quantitative estimate of drug-likeness (QED) is 0.575. The lowest BCUT2D eigenvalue weighted by Crippen LogP contribution is -2.38. The van der Waals surface area contributed by atoms with Crippen molar-refractivity contribution in [3.05, 3.63) is 0 Å². The van der Waals surface area contributed by atoms with Gasteiger partial charge >= 0.3 is 5.97 Å². The highest BCUT2D eigenvalue weighted by atomic mass is 35.6. The molecule has 0 spiro atoms. The third kappa shape index (κ3) is 3.40. The fourth-order valence-corrected chi connectivity index (χ4v) is 1.94. The van der Waals surface area contributed by atoms with E-state index >= 15 is 0 Å². The Kier molecular flexibility index (Phi) is 4.71. The Labute approximate surface area is 109 Å². The van der Waals surface area contributed by atoms with E-state index in [0.29, 0.717) is 19.6 Å². The highest BCUT2D eigenvalue weighted by Gasteiger charge is 2.40. The Hall–Kier alpha value is -0.190. The van der Waals surface area contributed by atoms with Crippen molar-refractivity contribution in [1.82, 2.24) is 4.90 Å². The molecule has 0 bridgehead atoms. The highest BCUT2D eigenvalue weighted by Crippen LogP contribution is 2.31. The van der Waals surface area contributed by atoms with Gasteiger partial charge in [0.25, 0.3) is 9.70 Å². The number of amides is 1. The van der Waals surface area contributed by atoms with Crippen molar-refractivity contribution < 1.29 is 14.3 Å². The zero-order valence-electron chi connectivity index (χ0n) is 8.71. The summed E-state index contributed by atoms with van der Waals surface area (Å²) in [6.45, 7) is 2.73. The molecule has 1 atom stereocenters. The average Bonchev–Trinajstić information content (AvgIpc) is 2.64. The van der Waals surface area contributed by atoms with Crippen LogP contribution in [0.1, 0.15) is 13.3 Å². The van der Waals surface area contributed by atoms with Gasteiger partial charge in [-0.3, -0.25) is 9.59 Å². The van der Waals surface area contributed by atoms with Gasteiger partial charge in [-0.05, 0) is 13.3 Å². The predicted molar refractivity (Wildman–Crippen MR) is 61.6 cm³/mol. The van der Waals surface area contributed by atoms with Crippen LogP contribution in [0.2, 0.25) is 0 Å². The molecule has 0 radical (unpaired) electrons. The molecule has 1 unspecified atom stereocenters. The van der Waals surface area contributed by atoms with E-state index in [2.05, 4.69) is 0 Å². The average molecular weight is 289 g/mol. The smallest absolute Gasteiger partial charge is 0.310 e. The van der Waals surface area contributed by atoms with Crippen LogP contribution in [0.3, 0.4) is 0 Å². The van der Waals surface area contributed by atoms with Crippen LogP contribution in [0.25, 0.3) is 0 Å². The molecule has 1 heterocycles. The first-order valence-corrected chi connectivity index (χ1v) is 6.02. The maximum Gasteiger partial charge on any atom is 0.310 e. The summed E-state index contributed by atoms with van der Waals surface area (Å²) in [5, 5.41) is 0. The Morgan fingerprint density at radius 2 is 2.06 bits per heavy atom. The van der Waals surface area contributed by atoms with Gasteiger partial charge in [0, 0.05) is 13.1 Å². The summed E-state index contributed by atoms with van der Waals surface area (Å²) >= 11 is 16.4. The second-order valence-electron chi connectivity index (χ2n) is 3.49. The number of alkyl halides is 3. The molecule has 0 saturated carbocycles. The number of carbonyl (C=O) groups excluding carboxylic acids is 2. The summed E-state index contributed by atoms with van der Waals surface area (Å²) in [5.74, 6) is -1.21. The summed E-state index contributed by atoms with van der Waals surface area (Å²) in [4.78, 5) is 24.3. The molecular formula is C9H12Cl3NO3. The fraction of sp³-hybridized carbons (Fsp3) is 0.778. The Balaban J connectivity index is 2.53. The maximum absolute atomic E-state index is 11.6. The standard InChI is InChI=1S/C9H12Cl3NO3/c1-2-16-7(14)6-3-4-13(5-6)8(15)9(10,11)12/h6H,2-5H2,1H3. The first kappa shape index (κ1) is 13.9. The van der Waals surface area contributed by atoms with Crippen LogP contribution in [0.4, 0.5) is 0 Å². The molecule has 1 aliphatic rings. The Morgan fingerprint density at radius 1 is 1.44 bits per heavy atom. The van der Waals surface area contributed by atoms with E-state index in [1.807, 2.05) is 0 Å². The number of esters is 1. The summed E-state index contributed by atoms with van der Waals surface area (Å²) < 4.78 is 2.91. The second kappa shape index (κ2) is 5.43. The SMILES string of the molecule is CCOC(=O)C1CCN(C(=O)C(Cl)(Cl)Cl)C1. The number of ether oxygens (including phenoxy) is 1. The molecule has 0 N–H and O–H groups in total. The van der Waals surface area contributed by atoms with Crippen molar-refractivity contribution in [2.24, 2.45) is 5.92 Å². The molecule has 7 heteroatoms. The van der Waals surface area contributed by atoms with Crippen molar-refractivity contribution in [3.63, 3.8) is 0 Å². The molecule has 92 valence electrons. The monoisotopic (exact) mass is 287 g/mol. The number of hydrogen-bond donors (Lipinski definition) is 0. The lowest BCUT2D eigenvalue weighted by Gasteiger charge is -2.20. The van der Waals surface area contributed by atoms with Gasteiger partial charge in [-0.2, -0.15) is 0 Å². The van der Waals surface area contributed by atoms with Gasteiger partial charge in [0.15, 0.2) is 0 Å². The lowest BCUT2D eigenvalue weighted by atomic mass is 10.1. The van der Waals surface area contributed by atoms with Gasteiger partial charge < -0.3 is 9.64 Å². The number of hydrogen-bond acceptors (Lipinski definition) is 3. The molecule has 1 rings (SSSR count). The molecule has 1 amide bonds. The third-order valence-electron chi connectivity index (χ3n) is 2.34. The van der Waals surface area contributed by atoms with Crippen LogP contribution >= 0.6 is 34.8 Å². The molecule has 0 aliphatic carbocycles. The maximum atomic E-state index is 11.6. The van der Waals surface area contributed by atoms with Crippen LogP contribution in [0, 0.1) is 5.92 Å². The van der Waals surface area contributed by atoms with Crippen molar-refractivity contribution in [3.8, 4) is 0 Å². The second-order valence-corrected chi connectivity index (χ2v) is 5.77. The van der Waals surface area contributed by atoms with Gasteiger partial charge in [-0.1, -0.05) is 34.8 Å². The zero-order chi connectivity index (χ0) is 12.3. The normalized spacial score (nSPS) is 21.0. The largest absolute Gasteiger partial charge is 0.466 e. The summed E-state index contributed by atoms with van der Waals surface area (Å²) in [5.41, 5.74) is 0. The molecule has 4 nitrogen and oxygen atoms in total. The van der Waals surface area contributed by atoms with Gasteiger partial charge in [-0.25, -0.2) is 0 Å². The van der Waals surface area contributed by atoms with E-state index in [4.69, 9.17) is 39.5 Å². The highest BCUT2D eigenvalue weighted by molar-refractivity contribution is 6.76. The van der Waals surface area contributed by atoms with Gasteiger partial charge in [0.2, 0.25) is 0 Å². The summed E-state index contributed by atoms with van der Waals surface area (Å²) in [6.07, 6.45) is 0.547. The van der Waals surface area contributed by atoms with E-state index in [1.165, 1.54) is 4.90 Å². The van der Waals surface area contributed by atoms with Gasteiger partial charge in [-0.15, -0.1) is 0 Å². The van der Waals surface area contributed by atoms with Crippen molar-refractivity contribution in [2.75, 3.05) is 19.7 Å². The number of rotatable bonds is 2. The minimum atomic E-state index is -1.95. The van der Waals surface area contributed by atoms with Crippen LogP contribution in [-0.2, 0) is 14.3 Å². The zero-order valence-corrected chi connectivity index (χ0v) is 11.0. The van der Waals surface area contributed by atoms with E-state index in [0.717, 1.165) is 0 Å². The number of halogens is 3. The minimum absolute atomic E-state index is 0.256. The molecule has 0 aromatic rings. The van der Waals surface area contributed by atoms with Crippen molar-refractivity contribution in [1.29, 1.82) is 0 Å². The molecule has 1 fully saturated rings. The van der Waals surface area contributed by atoms with E-state index < -0.39 is 9.70 Å². The molecule has 1 aliphatic heterocycles. The molecule has 16 heavy (non-hydrogen) atoms. The van der Waals surface area contributed by atoms with E-state index in [-0.39, 0.29) is 18.4 Å². The van der Waals surface area contributed by atoms with Crippen LogP contribution in [0.15, 0.2) is 0 Å². The van der Waals surface area contributed by atoms with Gasteiger partial charge in [0.05, 0.1) is 12.5 Å². The van der Waals surface area contributed by atoms with Gasteiger partial charge in [0.1, 0.15) is 0 Å². The van der Waals surface area contributed by atoms with Crippen LogP contribution in [0.5, 0.6) is 0 Å². The summed E-state index contributed by atoms with van der Waals surface area (Å²) in [6, 6.07) is 0. The molecule has 0 aromatic carbocycles. The van der Waals surface area contributed by atoms with Crippen molar-refractivity contribution in [2.45, 2.75) is 17.1 Å². The van der Waals surface area contributed by atoms with E-state index in [1.54, 1.807) is 6.92 Å². The fourth-order valence-electron chi connectivity index (χ4n) is 1.58. The lowest BCUT2D eigenvalue weighted by molar-refractivity contribution is -0.147. The molecule has 0 aromatic heterocycles. The van der Waals surface area contributed by atoms with Crippen LogP contribution in [-0.4, -0.2) is 40.3 Å². The Morgan fingerprint density at radius 3 is 2.56 bits per heavy atom. The number of nitrogens with zero attached hydrogens (tertiary/aromatic N) is 1. The topological polar surface area (TPSA) is 46.6 Å². The summed E-state index contributed by atoms with van der Waals surface area (Å²) in [7, 11) is 0. The predicted octanol–water partition coefficient (Wildman–Crippen LogP) is 1.77. The van der Waals surface area contributed by atoms with Crippen LogP contribution < -0.4 is 0 Å². The number of likely N-dealkylation sites (tertiary alicyclic amines) is 1. The molecular weight excluding hydrogens is 276 g/mol. The van der Waals surface area contributed by atoms with E-state index in [9.17, 15) is 9.59 Å². The molecule has 1 saturated heterocycles. The Bertz CT molecular complexity index is 290. The minimum Gasteiger partial charge on any atom is -0.466 e. The number of carbonyl (C=O) groups is 2. The third-order valence-corrected chi connectivity index (χ3v) is 2.82.